The first-order chi connectivity index (χ1) is 11.4. The van der Waals surface area contributed by atoms with Crippen molar-refractivity contribution in [1.82, 2.24) is 15.1 Å². The first-order valence-corrected chi connectivity index (χ1v) is 8.39. The molecule has 0 saturated carbocycles. The van der Waals surface area contributed by atoms with Crippen LogP contribution in [-0.4, -0.2) is 85.7 Å². The molecule has 3 rings (SSSR count). The van der Waals surface area contributed by atoms with E-state index in [-0.39, 0.29) is 37.7 Å². The molecule has 3 saturated heterocycles. The average Bonchev–Trinajstić information content (AvgIpc) is 2.54. The van der Waals surface area contributed by atoms with Crippen molar-refractivity contribution in [2.45, 2.75) is 50.2 Å². The van der Waals surface area contributed by atoms with Gasteiger partial charge in [0.15, 0.2) is 0 Å². The third kappa shape index (κ3) is 3.84. The van der Waals surface area contributed by atoms with Gasteiger partial charge in [-0.05, 0) is 13.3 Å². The topological polar surface area (TPSA) is 54.0 Å². The normalized spacial score (nSPS) is 37.2. The fourth-order valence-electron chi connectivity index (χ4n) is 3.88. The summed E-state index contributed by atoms with van der Waals surface area (Å²) in [6.07, 6.45) is -4.17. The molecule has 0 aromatic carbocycles. The fraction of sp³-hybridized carbons (Fsp3) is 0.933. The summed E-state index contributed by atoms with van der Waals surface area (Å²) >= 11 is 0. The molecule has 3 aliphatic rings. The van der Waals surface area contributed by atoms with Crippen molar-refractivity contribution >= 4 is 5.91 Å². The van der Waals surface area contributed by atoms with Crippen molar-refractivity contribution in [3.8, 4) is 0 Å². The van der Waals surface area contributed by atoms with Crippen molar-refractivity contribution < 1.29 is 27.4 Å². The van der Waals surface area contributed by atoms with Gasteiger partial charge in [0, 0.05) is 31.6 Å². The minimum Gasteiger partial charge on any atom is -0.379 e. The predicted molar refractivity (Wildman–Crippen MR) is 79.3 cm³/mol. The fourth-order valence-corrected chi connectivity index (χ4v) is 3.88. The summed E-state index contributed by atoms with van der Waals surface area (Å²) < 4.78 is 50.3. The maximum absolute atomic E-state index is 13.3. The second-order valence-corrected chi connectivity index (χ2v) is 6.71. The molecule has 0 spiro atoms. The monoisotopic (exact) mass is 351 g/mol. The van der Waals surface area contributed by atoms with Crippen molar-refractivity contribution in [1.29, 1.82) is 0 Å². The SMILES string of the molecule is C[C@@H]1COCCN1C1CC(=O)NC(N2CCOCC2C(F)(F)F)C1. The van der Waals surface area contributed by atoms with Crippen molar-refractivity contribution in [3.05, 3.63) is 0 Å². The van der Waals surface area contributed by atoms with E-state index in [1.165, 1.54) is 4.90 Å². The maximum Gasteiger partial charge on any atom is 0.406 e. The van der Waals surface area contributed by atoms with E-state index in [4.69, 9.17) is 9.47 Å². The molecule has 0 radical (unpaired) electrons. The lowest BCUT2D eigenvalue weighted by molar-refractivity contribution is -0.223. The lowest BCUT2D eigenvalue weighted by atomic mass is 9.97. The summed E-state index contributed by atoms with van der Waals surface area (Å²) in [5.74, 6) is -0.192. The van der Waals surface area contributed by atoms with Gasteiger partial charge < -0.3 is 14.8 Å². The number of nitrogens with one attached hydrogen (secondary N) is 1. The predicted octanol–water partition coefficient (Wildman–Crippen LogP) is 0.575. The molecule has 4 atom stereocenters. The van der Waals surface area contributed by atoms with Crippen LogP contribution in [0.1, 0.15) is 19.8 Å². The van der Waals surface area contributed by atoms with Crippen LogP contribution >= 0.6 is 0 Å². The van der Waals surface area contributed by atoms with E-state index in [0.717, 1.165) is 0 Å². The van der Waals surface area contributed by atoms with Crippen LogP contribution < -0.4 is 5.32 Å². The first kappa shape index (κ1) is 17.9. The van der Waals surface area contributed by atoms with Crippen molar-refractivity contribution in [2.75, 3.05) is 39.5 Å². The van der Waals surface area contributed by atoms with Gasteiger partial charge in [-0.2, -0.15) is 13.2 Å². The molecule has 3 heterocycles. The highest BCUT2D eigenvalue weighted by molar-refractivity contribution is 5.77. The Labute approximate surface area is 139 Å². The molecule has 138 valence electrons. The van der Waals surface area contributed by atoms with Crippen LogP contribution in [0.2, 0.25) is 0 Å². The van der Waals surface area contributed by atoms with E-state index in [1.807, 2.05) is 6.92 Å². The van der Waals surface area contributed by atoms with Crippen LogP contribution in [0.3, 0.4) is 0 Å². The van der Waals surface area contributed by atoms with E-state index < -0.39 is 18.4 Å². The maximum atomic E-state index is 13.3. The Hall–Kier alpha value is -0.900. The number of halogens is 3. The Kier molecular flexibility index (Phi) is 5.33. The third-order valence-electron chi connectivity index (χ3n) is 5.08. The summed E-state index contributed by atoms with van der Waals surface area (Å²) in [4.78, 5) is 15.7. The first-order valence-electron chi connectivity index (χ1n) is 8.39. The molecular weight excluding hydrogens is 327 g/mol. The summed E-state index contributed by atoms with van der Waals surface area (Å²) in [5, 5.41) is 2.75. The highest BCUT2D eigenvalue weighted by atomic mass is 19.4. The molecule has 0 aromatic rings. The third-order valence-corrected chi connectivity index (χ3v) is 5.08. The number of rotatable bonds is 2. The van der Waals surface area contributed by atoms with Crippen LogP contribution in [-0.2, 0) is 14.3 Å². The van der Waals surface area contributed by atoms with E-state index >= 15 is 0 Å². The van der Waals surface area contributed by atoms with E-state index in [9.17, 15) is 18.0 Å². The zero-order chi connectivity index (χ0) is 17.3. The number of hydrogen-bond acceptors (Lipinski definition) is 5. The second kappa shape index (κ2) is 7.15. The summed E-state index contributed by atoms with van der Waals surface area (Å²) in [6, 6.07) is -1.56. The molecule has 24 heavy (non-hydrogen) atoms. The Morgan fingerprint density at radius 1 is 1.12 bits per heavy atom. The zero-order valence-corrected chi connectivity index (χ0v) is 13.7. The molecule has 0 aromatic heterocycles. The number of morpholine rings is 2. The minimum atomic E-state index is -4.37. The molecule has 9 heteroatoms. The number of ether oxygens (including phenoxy) is 2. The minimum absolute atomic E-state index is 0.0561. The van der Waals surface area contributed by atoms with Gasteiger partial charge in [0.1, 0.15) is 6.04 Å². The van der Waals surface area contributed by atoms with Crippen LogP contribution in [0.5, 0.6) is 0 Å². The van der Waals surface area contributed by atoms with Gasteiger partial charge in [-0.3, -0.25) is 14.6 Å². The lowest BCUT2D eigenvalue weighted by Gasteiger charge is -2.47. The van der Waals surface area contributed by atoms with Crippen LogP contribution in [0, 0.1) is 0 Å². The quantitative estimate of drug-likeness (QED) is 0.789. The largest absolute Gasteiger partial charge is 0.406 e. The summed E-state index contributed by atoms with van der Waals surface area (Å²) in [5.41, 5.74) is 0. The van der Waals surface area contributed by atoms with Crippen molar-refractivity contribution in [2.24, 2.45) is 0 Å². The van der Waals surface area contributed by atoms with Gasteiger partial charge in [-0.15, -0.1) is 0 Å². The number of carbonyl (C=O) groups is 1. The number of alkyl halides is 3. The number of amides is 1. The molecular formula is C15H24F3N3O3. The molecule has 0 aliphatic carbocycles. The molecule has 3 unspecified atom stereocenters. The van der Waals surface area contributed by atoms with E-state index in [2.05, 4.69) is 10.2 Å². The van der Waals surface area contributed by atoms with Gasteiger partial charge in [-0.1, -0.05) is 0 Å². The number of nitrogens with zero attached hydrogens (tertiary/aromatic N) is 2. The zero-order valence-electron chi connectivity index (χ0n) is 13.7. The number of carbonyl (C=O) groups excluding carboxylic acids is 1. The Bertz CT molecular complexity index is 463. The molecule has 0 bridgehead atoms. The standard InChI is InChI=1S/C15H24F3N3O3/c1-10-8-23-4-2-20(10)11-6-13(19-14(22)7-11)21-3-5-24-9-12(21)15(16,17)18/h10-13H,2-9H2,1H3,(H,19,22)/t10-,11?,12?,13?/m1/s1. The average molecular weight is 351 g/mol. The Morgan fingerprint density at radius 2 is 1.79 bits per heavy atom. The molecule has 1 amide bonds. The van der Waals surface area contributed by atoms with E-state index in [1.54, 1.807) is 0 Å². The van der Waals surface area contributed by atoms with Gasteiger partial charge in [0.2, 0.25) is 5.91 Å². The highest BCUT2D eigenvalue weighted by Crippen LogP contribution is 2.31. The highest BCUT2D eigenvalue weighted by Gasteiger charge is 2.49. The van der Waals surface area contributed by atoms with Gasteiger partial charge in [0.05, 0.1) is 32.6 Å². The van der Waals surface area contributed by atoms with Crippen LogP contribution in [0.25, 0.3) is 0 Å². The smallest absolute Gasteiger partial charge is 0.379 e. The second-order valence-electron chi connectivity index (χ2n) is 6.71. The molecule has 3 fully saturated rings. The van der Waals surface area contributed by atoms with E-state index in [0.29, 0.717) is 32.6 Å². The summed E-state index contributed by atoms with van der Waals surface area (Å²) in [7, 11) is 0. The van der Waals surface area contributed by atoms with Gasteiger partial charge in [0.25, 0.3) is 0 Å². The lowest BCUT2D eigenvalue weighted by Crippen LogP contribution is -2.65. The van der Waals surface area contributed by atoms with Crippen LogP contribution in [0.15, 0.2) is 0 Å². The number of hydrogen-bond donors (Lipinski definition) is 1. The molecule has 6 nitrogen and oxygen atoms in total. The van der Waals surface area contributed by atoms with Gasteiger partial charge >= 0.3 is 6.18 Å². The molecule has 3 aliphatic heterocycles. The Morgan fingerprint density at radius 3 is 2.46 bits per heavy atom. The van der Waals surface area contributed by atoms with Gasteiger partial charge in [-0.25, -0.2) is 0 Å². The summed E-state index contributed by atoms with van der Waals surface area (Å²) in [6.45, 7) is 3.94. The number of piperidine rings is 1. The van der Waals surface area contributed by atoms with Crippen molar-refractivity contribution in [3.63, 3.8) is 0 Å². The van der Waals surface area contributed by atoms with Crippen LogP contribution in [0.4, 0.5) is 13.2 Å². The Balaban J connectivity index is 1.73. The molecule has 1 N–H and O–H groups in total.